The second-order valence-corrected chi connectivity index (χ2v) is 5.86. The number of nitrogens with two attached hydrogens (primary N) is 1. The Morgan fingerprint density at radius 1 is 1.60 bits per heavy atom. The predicted octanol–water partition coefficient (Wildman–Crippen LogP) is 1.96. The Balaban J connectivity index is 2.11. The molecule has 0 amide bonds. The zero-order valence-corrected chi connectivity index (χ0v) is 13.0. The van der Waals surface area contributed by atoms with Crippen molar-refractivity contribution in [2.24, 2.45) is 11.7 Å². The summed E-state index contributed by atoms with van der Waals surface area (Å²) in [6.45, 7) is 4.77. The summed E-state index contributed by atoms with van der Waals surface area (Å²) < 4.78 is 5.23. The third kappa shape index (κ3) is 3.98. The lowest BCUT2D eigenvalue weighted by Gasteiger charge is -2.29. The predicted molar refractivity (Wildman–Crippen MR) is 84.6 cm³/mol. The molecule has 110 valence electrons. The number of hydrogen-bond donors (Lipinski definition) is 1. The molecular formula is C15H23N3OS. The molecule has 1 unspecified atom stereocenters. The maximum Gasteiger partial charge on any atom is 0.123 e. The molecule has 1 aliphatic carbocycles. The lowest BCUT2D eigenvalue weighted by Crippen LogP contribution is -2.37. The number of nitrogens with zero attached hydrogens (tertiary/aromatic N) is 2. The van der Waals surface area contributed by atoms with Gasteiger partial charge in [0, 0.05) is 32.4 Å². The Hall–Kier alpha value is -1.04. The Morgan fingerprint density at radius 2 is 2.35 bits per heavy atom. The number of aromatic nitrogens is 1. The highest BCUT2D eigenvalue weighted by Crippen LogP contribution is 2.35. The van der Waals surface area contributed by atoms with Crippen LogP contribution in [-0.4, -0.2) is 41.2 Å². The summed E-state index contributed by atoms with van der Waals surface area (Å²) in [4.78, 5) is 7.12. The summed E-state index contributed by atoms with van der Waals surface area (Å²) in [5, 5.41) is 0. The van der Waals surface area contributed by atoms with Crippen LogP contribution in [0.1, 0.15) is 31.0 Å². The smallest absolute Gasteiger partial charge is 0.123 e. The van der Waals surface area contributed by atoms with Gasteiger partial charge in [-0.1, -0.05) is 18.3 Å². The lowest BCUT2D eigenvalue weighted by molar-refractivity contribution is 0.111. The van der Waals surface area contributed by atoms with Crippen LogP contribution in [0, 0.1) is 5.92 Å². The first-order valence-corrected chi connectivity index (χ1v) is 7.51. The molecule has 2 rings (SSSR count). The molecular weight excluding hydrogens is 270 g/mol. The van der Waals surface area contributed by atoms with Gasteiger partial charge in [-0.25, -0.2) is 0 Å². The van der Waals surface area contributed by atoms with E-state index in [1.165, 1.54) is 12.8 Å². The molecule has 1 aromatic rings. The highest BCUT2D eigenvalue weighted by Gasteiger charge is 2.32. The van der Waals surface area contributed by atoms with Gasteiger partial charge in [-0.05, 0) is 37.3 Å². The molecule has 0 saturated heterocycles. The Bertz CT molecular complexity index is 462. The molecule has 0 bridgehead atoms. The Labute approximate surface area is 126 Å². The van der Waals surface area contributed by atoms with Crippen LogP contribution in [0.3, 0.4) is 0 Å². The minimum absolute atomic E-state index is 0.367. The van der Waals surface area contributed by atoms with Crippen molar-refractivity contribution in [3.8, 4) is 0 Å². The molecule has 20 heavy (non-hydrogen) atoms. The summed E-state index contributed by atoms with van der Waals surface area (Å²) in [6, 6.07) is 4.55. The monoisotopic (exact) mass is 293 g/mol. The lowest BCUT2D eigenvalue weighted by atomic mass is 10.1. The van der Waals surface area contributed by atoms with Crippen LogP contribution >= 0.6 is 12.2 Å². The van der Waals surface area contributed by atoms with E-state index in [0.717, 1.165) is 36.9 Å². The van der Waals surface area contributed by atoms with E-state index in [0.29, 0.717) is 11.0 Å². The molecule has 2 N–H and O–H groups in total. The van der Waals surface area contributed by atoms with Crippen LogP contribution < -0.4 is 5.73 Å². The van der Waals surface area contributed by atoms with Crippen molar-refractivity contribution in [3.05, 3.63) is 29.6 Å². The topological polar surface area (TPSA) is 51.4 Å². The molecule has 1 aliphatic rings. The summed E-state index contributed by atoms with van der Waals surface area (Å²) in [7, 11) is 1.74. The van der Waals surface area contributed by atoms with Gasteiger partial charge in [-0.15, -0.1) is 0 Å². The van der Waals surface area contributed by atoms with Crippen LogP contribution in [0.25, 0.3) is 0 Å². The number of hydrogen-bond acceptors (Lipinski definition) is 4. The maximum absolute atomic E-state index is 5.76. The molecule has 1 heterocycles. The number of pyridine rings is 1. The molecule has 4 nitrogen and oxygen atoms in total. The van der Waals surface area contributed by atoms with Crippen LogP contribution in [-0.2, 0) is 11.3 Å². The van der Waals surface area contributed by atoms with Gasteiger partial charge in [0.2, 0.25) is 0 Å². The van der Waals surface area contributed by atoms with E-state index in [2.05, 4.69) is 22.9 Å². The third-order valence-electron chi connectivity index (χ3n) is 3.96. The zero-order chi connectivity index (χ0) is 14.5. The Morgan fingerprint density at radius 3 is 2.95 bits per heavy atom. The van der Waals surface area contributed by atoms with Crippen LogP contribution in [0.4, 0.5) is 0 Å². The molecule has 5 heteroatoms. The molecule has 1 aromatic heterocycles. The highest BCUT2D eigenvalue weighted by molar-refractivity contribution is 7.80. The van der Waals surface area contributed by atoms with E-state index < -0.39 is 0 Å². The standard InChI is InChI=1S/C15H23N3OS/c1-11(12-5-6-12)18(8-9-19-2)10-13-4-3-7-17-14(13)15(16)20/h3-4,7,11-12H,5-6,8-10H2,1-2H3,(H2,16,20). The van der Waals surface area contributed by atoms with Gasteiger partial charge in [0.1, 0.15) is 10.7 Å². The fourth-order valence-corrected chi connectivity index (χ4v) is 2.70. The van der Waals surface area contributed by atoms with Gasteiger partial charge in [-0.3, -0.25) is 9.88 Å². The first-order valence-electron chi connectivity index (χ1n) is 7.10. The van der Waals surface area contributed by atoms with E-state index in [-0.39, 0.29) is 0 Å². The molecule has 0 radical (unpaired) electrons. The van der Waals surface area contributed by atoms with Crippen molar-refractivity contribution in [1.82, 2.24) is 9.88 Å². The van der Waals surface area contributed by atoms with Gasteiger partial charge in [0.25, 0.3) is 0 Å². The SMILES string of the molecule is COCCN(Cc1cccnc1C(N)=S)C(C)C1CC1. The average molecular weight is 293 g/mol. The summed E-state index contributed by atoms with van der Waals surface area (Å²) in [5.74, 6) is 0.816. The number of methoxy groups -OCH3 is 1. The van der Waals surface area contributed by atoms with Crippen LogP contribution in [0.5, 0.6) is 0 Å². The van der Waals surface area contributed by atoms with Crippen LogP contribution in [0.2, 0.25) is 0 Å². The van der Waals surface area contributed by atoms with Crippen molar-refractivity contribution >= 4 is 17.2 Å². The average Bonchev–Trinajstić information content (AvgIpc) is 3.27. The highest BCUT2D eigenvalue weighted by atomic mass is 32.1. The summed E-state index contributed by atoms with van der Waals surface area (Å²) >= 11 is 5.09. The van der Waals surface area contributed by atoms with Crippen molar-refractivity contribution in [2.45, 2.75) is 32.4 Å². The van der Waals surface area contributed by atoms with Crippen molar-refractivity contribution in [2.75, 3.05) is 20.3 Å². The second-order valence-electron chi connectivity index (χ2n) is 5.42. The van der Waals surface area contributed by atoms with Gasteiger partial charge in [0.05, 0.1) is 6.61 Å². The zero-order valence-electron chi connectivity index (χ0n) is 12.2. The van der Waals surface area contributed by atoms with Crippen molar-refractivity contribution < 1.29 is 4.74 Å². The van der Waals surface area contributed by atoms with Gasteiger partial charge in [-0.2, -0.15) is 0 Å². The molecule has 1 fully saturated rings. The second kappa shape index (κ2) is 7.11. The van der Waals surface area contributed by atoms with Crippen LogP contribution in [0.15, 0.2) is 18.3 Å². The van der Waals surface area contributed by atoms with E-state index in [9.17, 15) is 0 Å². The first-order chi connectivity index (χ1) is 9.63. The normalized spacial score (nSPS) is 16.4. The van der Waals surface area contributed by atoms with Gasteiger partial charge >= 0.3 is 0 Å². The van der Waals surface area contributed by atoms with E-state index in [1.54, 1.807) is 13.3 Å². The largest absolute Gasteiger partial charge is 0.388 e. The molecule has 1 saturated carbocycles. The molecule has 0 aliphatic heterocycles. The minimum atomic E-state index is 0.367. The fraction of sp³-hybridized carbons (Fsp3) is 0.600. The van der Waals surface area contributed by atoms with E-state index >= 15 is 0 Å². The number of rotatable bonds is 8. The van der Waals surface area contributed by atoms with Gasteiger partial charge in [0.15, 0.2) is 0 Å². The maximum atomic E-state index is 5.76. The van der Waals surface area contributed by atoms with Gasteiger partial charge < -0.3 is 10.5 Å². The number of thiocarbonyl (C=S) groups is 1. The quantitative estimate of drug-likeness (QED) is 0.743. The van der Waals surface area contributed by atoms with Crippen molar-refractivity contribution in [1.29, 1.82) is 0 Å². The minimum Gasteiger partial charge on any atom is -0.388 e. The third-order valence-corrected chi connectivity index (χ3v) is 4.15. The Kier molecular flexibility index (Phi) is 5.46. The van der Waals surface area contributed by atoms with Crippen molar-refractivity contribution in [3.63, 3.8) is 0 Å². The first kappa shape index (κ1) is 15.4. The fourth-order valence-electron chi connectivity index (χ4n) is 2.52. The summed E-state index contributed by atoms with van der Waals surface area (Å²) in [5.41, 5.74) is 7.61. The molecule has 0 spiro atoms. The molecule has 1 atom stereocenters. The van der Waals surface area contributed by atoms with E-state index in [1.807, 2.05) is 6.07 Å². The number of ether oxygens (including phenoxy) is 1. The summed E-state index contributed by atoms with van der Waals surface area (Å²) in [6.07, 6.45) is 4.40. The van der Waals surface area contributed by atoms with E-state index in [4.69, 9.17) is 22.7 Å². The molecule has 0 aromatic carbocycles.